The molecule has 0 bridgehead atoms. The number of carbonyl (C=O) groups excluding carboxylic acids is 1. The fourth-order valence-electron chi connectivity index (χ4n) is 1.83. The van der Waals surface area contributed by atoms with E-state index in [4.69, 9.17) is 9.47 Å². The van der Waals surface area contributed by atoms with E-state index in [0.717, 1.165) is 18.2 Å². The molecule has 1 aromatic rings. The summed E-state index contributed by atoms with van der Waals surface area (Å²) in [5.74, 6) is 0.268. The number of hydrogen-bond acceptors (Lipinski definition) is 3. The predicted octanol–water partition coefficient (Wildman–Crippen LogP) is 4.98. The van der Waals surface area contributed by atoms with Gasteiger partial charge in [-0.25, -0.2) is 4.79 Å². The van der Waals surface area contributed by atoms with Gasteiger partial charge < -0.3 is 9.47 Å². The fourth-order valence-corrected chi connectivity index (χ4v) is 2.22. The number of carbonyl (C=O) groups is 1. The number of unbranched alkanes of at least 4 members (excludes halogenated alkanes) is 3. The average Bonchev–Trinajstić information content (AvgIpc) is 2.41. The quantitative estimate of drug-likeness (QED) is 0.374. The first kappa shape index (κ1) is 18.0. The summed E-state index contributed by atoms with van der Waals surface area (Å²) < 4.78 is 11.1. The van der Waals surface area contributed by atoms with Crippen LogP contribution >= 0.6 is 15.9 Å². The van der Waals surface area contributed by atoms with Crippen molar-refractivity contribution in [2.75, 3.05) is 11.9 Å². The molecular formula is C17H25BrO3. The van der Waals surface area contributed by atoms with E-state index in [9.17, 15) is 4.79 Å². The standard InChI is InChI=1S/C17H25BrO3/c1-17(2,3)21-16(19)14-10-6-7-11-15(14)20-13-9-5-4-8-12-18/h6-7,10-11H,4-5,8-9,12-13H2,1-3H3. The Hall–Kier alpha value is -1.03. The Balaban J connectivity index is 2.53. The molecule has 0 fully saturated rings. The van der Waals surface area contributed by atoms with Gasteiger partial charge in [0.1, 0.15) is 16.9 Å². The maximum Gasteiger partial charge on any atom is 0.342 e. The minimum Gasteiger partial charge on any atom is -0.493 e. The summed E-state index contributed by atoms with van der Waals surface area (Å²) in [6, 6.07) is 7.25. The van der Waals surface area contributed by atoms with Gasteiger partial charge in [-0.1, -0.05) is 40.9 Å². The number of ether oxygens (including phenoxy) is 2. The van der Waals surface area contributed by atoms with Crippen molar-refractivity contribution in [2.45, 2.75) is 52.1 Å². The third-order valence-electron chi connectivity index (χ3n) is 2.79. The van der Waals surface area contributed by atoms with Crippen LogP contribution in [0.2, 0.25) is 0 Å². The minimum absolute atomic E-state index is 0.336. The van der Waals surface area contributed by atoms with Crippen LogP contribution in [-0.2, 0) is 4.74 Å². The minimum atomic E-state index is -0.500. The Labute approximate surface area is 136 Å². The first-order chi connectivity index (χ1) is 9.94. The molecular weight excluding hydrogens is 332 g/mol. The van der Waals surface area contributed by atoms with Gasteiger partial charge in [-0.05, 0) is 45.7 Å². The Kier molecular flexibility index (Phi) is 7.79. The van der Waals surface area contributed by atoms with Crippen LogP contribution in [0.5, 0.6) is 5.75 Å². The second-order valence-electron chi connectivity index (χ2n) is 5.95. The van der Waals surface area contributed by atoms with E-state index < -0.39 is 5.60 Å². The molecule has 3 nitrogen and oxygen atoms in total. The highest BCUT2D eigenvalue weighted by molar-refractivity contribution is 9.09. The van der Waals surface area contributed by atoms with Crippen molar-refractivity contribution < 1.29 is 14.3 Å². The molecule has 0 saturated heterocycles. The van der Waals surface area contributed by atoms with Gasteiger partial charge in [-0.15, -0.1) is 0 Å². The smallest absolute Gasteiger partial charge is 0.342 e. The molecule has 0 aliphatic rings. The third kappa shape index (κ3) is 7.51. The van der Waals surface area contributed by atoms with E-state index in [2.05, 4.69) is 15.9 Å². The summed E-state index contributed by atoms with van der Waals surface area (Å²) in [6.07, 6.45) is 4.52. The van der Waals surface area contributed by atoms with E-state index in [1.54, 1.807) is 6.07 Å². The lowest BCUT2D eigenvalue weighted by Gasteiger charge is -2.20. The lowest BCUT2D eigenvalue weighted by Crippen LogP contribution is -2.24. The second kappa shape index (κ2) is 9.08. The van der Waals surface area contributed by atoms with Crippen LogP contribution in [0.3, 0.4) is 0 Å². The van der Waals surface area contributed by atoms with Crippen molar-refractivity contribution in [3.8, 4) is 5.75 Å². The first-order valence-electron chi connectivity index (χ1n) is 7.45. The molecule has 21 heavy (non-hydrogen) atoms. The number of hydrogen-bond donors (Lipinski definition) is 0. The Bertz CT molecular complexity index is 438. The number of alkyl halides is 1. The van der Waals surface area contributed by atoms with Gasteiger partial charge >= 0.3 is 5.97 Å². The lowest BCUT2D eigenvalue weighted by molar-refractivity contribution is 0.00658. The summed E-state index contributed by atoms with van der Waals surface area (Å²) in [5, 5.41) is 1.05. The van der Waals surface area contributed by atoms with Crippen molar-refractivity contribution in [1.29, 1.82) is 0 Å². The third-order valence-corrected chi connectivity index (χ3v) is 3.35. The van der Waals surface area contributed by atoms with Crippen LogP contribution < -0.4 is 4.74 Å². The molecule has 0 unspecified atom stereocenters. The lowest BCUT2D eigenvalue weighted by atomic mass is 10.1. The summed E-state index contributed by atoms with van der Waals surface area (Å²) in [4.78, 5) is 12.1. The Morgan fingerprint density at radius 1 is 1.10 bits per heavy atom. The predicted molar refractivity (Wildman–Crippen MR) is 89.4 cm³/mol. The number of esters is 1. The number of rotatable bonds is 8. The number of halogens is 1. The highest BCUT2D eigenvalue weighted by Gasteiger charge is 2.20. The zero-order valence-corrected chi connectivity index (χ0v) is 14.7. The molecule has 0 amide bonds. The van der Waals surface area contributed by atoms with Crippen molar-refractivity contribution in [3.05, 3.63) is 29.8 Å². The topological polar surface area (TPSA) is 35.5 Å². The number of para-hydroxylation sites is 1. The summed E-state index contributed by atoms with van der Waals surface area (Å²) in [7, 11) is 0. The largest absolute Gasteiger partial charge is 0.493 e. The molecule has 0 spiro atoms. The summed E-state index contributed by atoms with van der Waals surface area (Å²) in [6.45, 7) is 6.21. The van der Waals surface area contributed by atoms with E-state index in [-0.39, 0.29) is 5.97 Å². The normalized spacial score (nSPS) is 11.2. The van der Waals surface area contributed by atoms with Crippen molar-refractivity contribution in [3.63, 3.8) is 0 Å². The molecule has 0 aliphatic carbocycles. The molecule has 118 valence electrons. The van der Waals surface area contributed by atoms with Crippen LogP contribution in [-0.4, -0.2) is 23.5 Å². The molecule has 0 N–H and O–H groups in total. The molecule has 1 rings (SSSR count). The molecule has 4 heteroatoms. The Morgan fingerprint density at radius 3 is 2.43 bits per heavy atom. The van der Waals surface area contributed by atoms with Crippen LogP contribution in [0, 0.1) is 0 Å². The highest BCUT2D eigenvalue weighted by atomic mass is 79.9. The van der Waals surface area contributed by atoms with Gasteiger partial charge in [0, 0.05) is 5.33 Å². The molecule has 0 atom stereocenters. The SMILES string of the molecule is CC(C)(C)OC(=O)c1ccccc1OCCCCCCBr. The van der Waals surface area contributed by atoms with Gasteiger partial charge in [0.05, 0.1) is 6.61 Å². The summed E-state index contributed by atoms with van der Waals surface area (Å²) in [5.41, 5.74) is -0.00671. The Morgan fingerprint density at radius 2 is 1.76 bits per heavy atom. The van der Waals surface area contributed by atoms with Crippen molar-refractivity contribution >= 4 is 21.9 Å². The van der Waals surface area contributed by atoms with Gasteiger partial charge in [0.15, 0.2) is 0 Å². The molecule has 0 aromatic heterocycles. The fraction of sp³-hybridized carbons (Fsp3) is 0.588. The van der Waals surface area contributed by atoms with Crippen LogP contribution in [0.15, 0.2) is 24.3 Å². The molecule has 0 heterocycles. The highest BCUT2D eigenvalue weighted by Crippen LogP contribution is 2.22. The van der Waals surface area contributed by atoms with Gasteiger partial charge in [0.2, 0.25) is 0 Å². The van der Waals surface area contributed by atoms with E-state index in [0.29, 0.717) is 17.9 Å². The second-order valence-corrected chi connectivity index (χ2v) is 6.74. The van der Waals surface area contributed by atoms with E-state index in [1.165, 1.54) is 12.8 Å². The van der Waals surface area contributed by atoms with E-state index in [1.807, 2.05) is 39.0 Å². The van der Waals surface area contributed by atoms with Crippen molar-refractivity contribution in [1.82, 2.24) is 0 Å². The molecule has 1 aromatic carbocycles. The van der Waals surface area contributed by atoms with Crippen LogP contribution in [0.4, 0.5) is 0 Å². The zero-order valence-electron chi connectivity index (χ0n) is 13.2. The van der Waals surface area contributed by atoms with Gasteiger partial charge in [-0.2, -0.15) is 0 Å². The first-order valence-corrected chi connectivity index (χ1v) is 8.57. The van der Waals surface area contributed by atoms with E-state index >= 15 is 0 Å². The van der Waals surface area contributed by atoms with Gasteiger partial charge in [0.25, 0.3) is 0 Å². The van der Waals surface area contributed by atoms with Gasteiger partial charge in [-0.3, -0.25) is 0 Å². The molecule has 0 aliphatic heterocycles. The maximum atomic E-state index is 12.1. The monoisotopic (exact) mass is 356 g/mol. The number of benzene rings is 1. The molecule has 0 radical (unpaired) electrons. The summed E-state index contributed by atoms with van der Waals surface area (Å²) >= 11 is 3.42. The van der Waals surface area contributed by atoms with Crippen LogP contribution in [0.25, 0.3) is 0 Å². The zero-order chi connectivity index (χ0) is 15.7. The molecule has 0 saturated carbocycles. The maximum absolute atomic E-state index is 12.1. The van der Waals surface area contributed by atoms with Crippen LogP contribution in [0.1, 0.15) is 56.8 Å². The van der Waals surface area contributed by atoms with Crippen molar-refractivity contribution in [2.24, 2.45) is 0 Å². The average molecular weight is 357 g/mol.